The van der Waals surface area contributed by atoms with E-state index in [0.29, 0.717) is 55.0 Å². The van der Waals surface area contributed by atoms with Crippen LogP contribution in [-0.2, 0) is 29.0 Å². The predicted octanol–water partition coefficient (Wildman–Crippen LogP) is 6.98. The van der Waals surface area contributed by atoms with E-state index in [0.717, 1.165) is 24.9 Å². The largest absolute Gasteiger partial charge is 0.483 e. The fourth-order valence-corrected chi connectivity index (χ4v) is 10.3. The number of anilines is 2. The van der Waals surface area contributed by atoms with Crippen molar-refractivity contribution in [1.82, 2.24) is 16.0 Å². The molecular weight excluding hydrogens is 749 g/mol. The first kappa shape index (κ1) is 43.1. The number of nitrogens with one attached hydrogen (secondary N) is 3. The molecule has 3 N–H and O–H groups in total. The fraction of sp³-hybridized carbons (Fsp3) is 0.512. The highest BCUT2D eigenvalue weighted by Crippen LogP contribution is 2.47. The third kappa shape index (κ3) is 10.9. The topological polar surface area (TPSA) is 143 Å². The number of benzene rings is 3. The molecule has 304 valence electrons. The molecule has 2 amide bonds. The molecule has 1 fully saturated rings. The van der Waals surface area contributed by atoms with Crippen molar-refractivity contribution in [3.63, 3.8) is 0 Å². The van der Waals surface area contributed by atoms with Crippen LogP contribution in [-0.4, -0.2) is 76.1 Å². The molecule has 3 atom stereocenters. The maximum atomic E-state index is 14.4. The highest BCUT2D eigenvalue weighted by Gasteiger charge is 2.42. The molecule has 13 heteroatoms. The van der Waals surface area contributed by atoms with Crippen LogP contribution in [0.1, 0.15) is 84.7 Å². The highest BCUT2D eigenvalue weighted by atomic mass is 32.2. The van der Waals surface area contributed by atoms with Gasteiger partial charge < -0.3 is 30.3 Å². The number of hydrogen-bond acceptors (Lipinski definition) is 10. The fourth-order valence-electron chi connectivity index (χ4n) is 7.58. The highest BCUT2D eigenvalue weighted by molar-refractivity contribution is 7.98. The van der Waals surface area contributed by atoms with Crippen LogP contribution in [0.3, 0.4) is 0 Å². The van der Waals surface area contributed by atoms with Crippen molar-refractivity contribution in [2.24, 2.45) is 11.3 Å². The molecular formula is C43H58N4O7S2. The van der Waals surface area contributed by atoms with Gasteiger partial charge in [0.15, 0.2) is 16.4 Å². The van der Waals surface area contributed by atoms with Crippen LogP contribution >= 0.6 is 11.8 Å². The number of sulfone groups is 1. The van der Waals surface area contributed by atoms with Crippen molar-refractivity contribution in [1.29, 1.82) is 0 Å². The summed E-state index contributed by atoms with van der Waals surface area (Å²) in [5, 5.41) is 9.04. The van der Waals surface area contributed by atoms with Crippen LogP contribution in [0.2, 0.25) is 0 Å². The molecule has 0 aliphatic carbocycles. The van der Waals surface area contributed by atoms with Crippen LogP contribution < -0.4 is 25.6 Å². The number of carbonyl (C=O) groups excluding carboxylic acids is 3. The van der Waals surface area contributed by atoms with Crippen molar-refractivity contribution in [2.75, 3.05) is 43.1 Å². The minimum Gasteiger partial charge on any atom is -0.483 e. The van der Waals surface area contributed by atoms with Crippen LogP contribution in [0.5, 0.6) is 5.75 Å². The average Bonchev–Trinajstić information content (AvgIpc) is 3.28. The van der Waals surface area contributed by atoms with Crippen LogP contribution in [0, 0.1) is 11.3 Å². The monoisotopic (exact) mass is 806 g/mol. The van der Waals surface area contributed by atoms with Gasteiger partial charge in [-0.15, -0.1) is 11.8 Å². The lowest BCUT2D eigenvalue weighted by Crippen LogP contribution is -2.53. The zero-order valence-corrected chi connectivity index (χ0v) is 35.2. The molecule has 56 heavy (non-hydrogen) atoms. The Hall–Kier alpha value is -4.07. The Bertz CT molecular complexity index is 1920. The van der Waals surface area contributed by atoms with E-state index >= 15 is 0 Å². The summed E-state index contributed by atoms with van der Waals surface area (Å²) in [6, 6.07) is 20.0. The molecule has 0 aromatic heterocycles. The Morgan fingerprint density at radius 2 is 1.64 bits per heavy atom. The van der Waals surface area contributed by atoms with Crippen LogP contribution in [0.4, 0.5) is 11.4 Å². The molecule has 0 saturated carbocycles. The molecule has 2 aliphatic heterocycles. The molecule has 3 aromatic rings. The predicted molar refractivity (Wildman–Crippen MR) is 222 cm³/mol. The number of piperidine rings is 1. The molecule has 2 heterocycles. The molecule has 0 radical (unpaired) electrons. The second-order valence-electron chi connectivity index (χ2n) is 15.9. The van der Waals surface area contributed by atoms with Crippen molar-refractivity contribution in [3.05, 3.63) is 78.4 Å². The first-order chi connectivity index (χ1) is 26.7. The quantitative estimate of drug-likeness (QED) is 0.109. The summed E-state index contributed by atoms with van der Waals surface area (Å²) in [6.45, 7) is 11.0. The van der Waals surface area contributed by atoms with Crippen molar-refractivity contribution in [2.45, 2.75) is 101 Å². The van der Waals surface area contributed by atoms with E-state index in [1.54, 1.807) is 51.1 Å². The normalized spacial score (nSPS) is 19.5. The van der Waals surface area contributed by atoms with Crippen molar-refractivity contribution in [3.8, 4) is 5.75 Å². The van der Waals surface area contributed by atoms with Gasteiger partial charge in [0.25, 0.3) is 5.91 Å². The van der Waals surface area contributed by atoms with Crippen molar-refractivity contribution < 1.29 is 32.3 Å². The Labute approximate surface area is 337 Å². The summed E-state index contributed by atoms with van der Waals surface area (Å²) in [5.41, 5.74) is 0.790. The minimum absolute atomic E-state index is 0.000893. The van der Waals surface area contributed by atoms with Gasteiger partial charge >= 0.3 is 5.97 Å². The Morgan fingerprint density at radius 3 is 2.25 bits per heavy atom. The average molecular weight is 807 g/mol. The lowest BCUT2D eigenvalue weighted by Gasteiger charge is -2.36. The number of hydrogen-bond donors (Lipinski definition) is 3. The number of para-hydroxylation sites is 1. The van der Waals surface area contributed by atoms with Gasteiger partial charge in [-0.2, -0.15) is 0 Å². The molecule has 0 spiro atoms. The summed E-state index contributed by atoms with van der Waals surface area (Å²) >= 11 is 1.40. The number of amides is 2. The third-order valence-corrected chi connectivity index (χ3v) is 13.4. The number of thioether (sulfide) groups is 1. The SMILES string of the molecule is CCCCC1(CC)CN(c2ccccc2)c2cc(SC)c(OCC(=O)NC(C(=O)N[C@@H](C(=O)OC(C)(C)C)C3CCNCC3)c3ccccc3)cc2S(=O)(=O)C1. The number of esters is 1. The Balaban J connectivity index is 1.42. The van der Waals surface area contributed by atoms with Gasteiger partial charge in [-0.1, -0.05) is 75.2 Å². The molecule has 5 rings (SSSR count). The number of ether oxygens (including phenoxy) is 2. The lowest BCUT2D eigenvalue weighted by molar-refractivity contribution is -0.160. The molecule has 11 nitrogen and oxygen atoms in total. The van der Waals surface area contributed by atoms with E-state index in [4.69, 9.17) is 9.47 Å². The minimum atomic E-state index is -3.79. The summed E-state index contributed by atoms with van der Waals surface area (Å²) in [5.74, 6) is -1.55. The third-order valence-electron chi connectivity index (χ3n) is 10.6. The standard InChI is InChI=1S/C43H58N4O7S2/c1-7-9-22-43(8-2)28-47(32-18-14-11-15-19-32)33-25-35(55-6)34(26-36(33)56(51,52)29-43)53-27-37(48)45-38(30-16-12-10-13-17-30)40(49)46-39(31-20-23-44-24-21-31)41(50)54-42(3,4)5/h10-19,25-26,31,38-39,44H,7-9,20-24,27-29H2,1-6H3,(H,45,48)(H,46,49)/t38?,39-,43?/m1/s1. The van der Waals surface area contributed by atoms with E-state index in [1.165, 1.54) is 11.8 Å². The number of carbonyl (C=O) groups is 3. The van der Waals surface area contributed by atoms with Crippen molar-refractivity contribution >= 4 is 50.8 Å². The van der Waals surface area contributed by atoms with Gasteiger partial charge in [0, 0.05) is 23.7 Å². The molecule has 2 aliphatic rings. The number of fused-ring (bicyclic) bond motifs is 1. The van der Waals surface area contributed by atoms with Gasteiger partial charge in [-0.25, -0.2) is 13.2 Å². The lowest BCUT2D eigenvalue weighted by atomic mass is 9.81. The summed E-state index contributed by atoms with van der Waals surface area (Å²) in [4.78, 5) is 44.2. The van der Waals surface area contributed by atoms with Gasteiger partial charge in [-0.05, 0) is 95.5 Å². The van der Waals surface area contributed by atoms with E-state index < -0.39 is 57.3 Å². The van der Waals surface area contributed by atoms with E-state index in [1.807, 2.05) is 48.7 Å². The van der Waals surface area contributed by atoms with Crippen LogP contribution in [0.25, 0.3) is 0 Å². The Kier molecular flexibility index (Phi) is 14.5. The zero-order chi connectivity index (χ0) is 40.5. The summed E-state index contributed by atoms with van der Waals surface area (Å²) < 4.78 is 40.6. The van der Waals surface area contributed by atoms with Gasteiger partial charge in [0.05, 0.1) is 21.2 Å². The van der Waals surface area contributed by atoms with E-state index in [-0.39, 0.29) is 22.3 Å². The molecule has 0 bridgehead atoms. The smallest absolute Gasteiger partial charge is 0.329 e. The Morgan fingerprint density at radius 1 is 0.982 bits per heavy atom. The first-order valence-electron chi connectivity index (χ1n) is 19.7. The molecule has 3 aromatic carbocycles. The summed E-state index contributed by atoms with van der Waals surface area (Å²) in [6.07, 6.45) is 6.60. The van der Waals surface area contributed by atoms with Gasteiger partial charge in [0.2, 0.25) is 5.91 Å². The van der Waals surface area contributed by atoms with E-state index in [9.17, 15) is 22.8 Å². The van der Waals surface area contributed by atoms with Crippen LogP contribution in [0.15, 0.2) is 82.6 Å². The number of unbranched alkanes of at least 4 members (excludes halogenated alkanes) is 1. The maximum Gasteiger partial charge on any atom is 0.329 e. The summed E-state index contributed by atoms with van der Waals surface area (Å²) in [7, 11) is -3.79. The van der Waals surface area contributed by atoms with Gasteiger partial charge in [-0.3, -0.25) is 9.59 Å². The second kappa shape index (κ2) is 18.9. The van der Waals surface area contributed by atoms with E-state index in [2.05, 4.69) is 34.7 Å². The maximum absolute atomic E-state index is 14.4. The second-order valence-corrected chi connectivity index (χ2v) is 18.7. The number of rotatable bonds is 15. The molecule has 1 saturated heterocycles. The zero-order valence-electron chi connectivity index (χ0n) is 33.6. The molecule has 2 unspecified atom stereocenters. The first-order valence-corrected chi connectivity index (χ1v) is 22.6. The number of nitrogens with zero attached hydrogens (tertiary/aromatic N) is 1. The van der Waals surface area contributed by atoms with Gasteiger partial charge in [0.1, 0.15) is 23.4 Å².